The average Bonchev–Trinajstić information content (AvgIpc) is 2.44. The van der Waals surface area contributed by atoms with E-state index in [1.807, 2.05) is 6.07 Å². The Balaban J connectivity index is 2.38. The number of carboxylic acids is 1. The molecule has 80 valence electrons. The lowest BCUT2D eigenvalue weighted by molar-refractivity contribution is -0.137. The Hall–Kier alpha value is -1.31. The fourth-order valence-electron chi connectivity index (χ4n) is 2.81. The van der Waals surface area contributed by atoms with Crippen molar-refractivity contribution in [2.45, 2.75) is 38.5 Å². The van der Waals surface area contributed by atoms with Gasteiger partial charge in [-0.05, 0) is 41.9 Å². The van der Waals surface area contributed by atoms with E-state index in [2.05, 4.69) is 26.0 Å². The minimum atomic E-state index is -0.693. The highest BCUT2D eigenvalue weighted by Crippen LogP contribution is 2.44. The van der Waals surface area contributed by atoms with Crippen molar-refractivity contribution in [2.75, 3.05) is 0 Å². The van der Waals surface area contributed by atoms with Crippen LogP contribution in [0.5, 0.6) is 0 Å². The summed E-state index contributed by atoms with van der Waals surface area (Å²) in [6.45, 7) is 4.30. The molecule has 0 amide bonds. The molecular weight excluding hydrogens is 188 g/mol. The molecule has 0 saturated heterocycles. The van der Waals surface area contributed by atoms with Crippen molar-refractivity contribution < 1.29 is 9.90 Å². The first-order valence-electron chi connectivity index (χ1n) is 5.40. The van der Waals surface area contributed by atoms with Crippen LogP contribution in [0, 0.1) is 6.92 Å². The van der Waals surface area contributed by atoms with Gasteiger partial charge in [0, 0.05) is 0 Å². The monoisotopic (exact) mass is 204 g/mol. The third kappa shape index (κ3) is 1.76. The van der Waals surface area contributed by atoms with Crippen molar-refractivity contribution >= 4 is 5.97 Å². The number of aliphatic carboxylic acids is 1. The number of carboxylic acid groups (broad SMARTS) is 1. The Morgan fingerprint density at radius 2 is 2.27 bits per heavy atom. The van der Waals surface area contributed by atoms with Gasteiger partial charge in [-0.1, -0.05) is 25.1 Å². The number of aryl methyl sites for hydroxylation is 1. The van der Waals surface area contributed by atoms with Gasteiger partial charge in [-0.25, -0.2) is 0 Å². The number of hydrogen-bond acceptors (Lipinski definition) is 1. The molecule has 1 aromatic carbocycles. The van der Waals surface area contributed by atoms with Crippen molar-refractivity contribution in [1.29, 1.82) is 0 Å². The van der Waals surface area contributed by atoms with Crippen LogP contribution in [0.15, 0.2) is 18.2 Å². The molecule has 2 atom stereocenters. The standard InChI is InChI=1S/C13H16O2/c1-8-4-3-5-11-10(7-12(14)15)6-9(2)13(8)11/h3-5,9-10H,6-7H2,1-2H3,(H,14,15)/t9-,10+/m1/s1. The first-order valence-corrected chi connectivity index (χ1v) is 5.40. The van der Waals surface area contributed by atoms with Gasteiger partial charge in [0.15, 0.2) is 0 Å². The Morgan fingerprint density at radius 1 is 1.53 bits per heavy atom. The Kier molecular flexibility index (Phi) is 2.51. The summed E-state index contributed by atoms with van der Waals surface area (Å²) in [4.78, 5) is 10.8. The van der Waals surface area contributed by atoms with Crippen LogP contribution >= 0.6 is 0 Å². The van der Waals surface area contributed by atoms with E-state index >= 15 is 0 Å². The number of rotatable bonds is 2. The Bertz CT molecular complexity index is 396. The zero-order valence-electron chi connectivity index (χ0n) is 9.16. The first-order chi connectivity index (χ1) is 7.09. The van der Waals surface area contributed by atoms with E-state index in [0.717, 1.165) is 6.42 Å². The van der Waals surface area contributed by atoms with E-state index in [0.29, 0.717) is 5.92 Å². The van der Waals surface area contributed by atoms with Gasteiger partial charge in [-0.2, -0.15) is 0 Å². The van der Waals surface area contributed by atoms with Crippen molar-refractivity contribution in [1.82, 2.24) is 0 Å². The van der Waals surface area contributed by atoms with Crippen LogP contribution < -0.4 is 0 Å². The van der Waals surface area contributed by atoms with Gasteiger partial charge in [0.25, 0.3) is 0 Å². The molecule has 0 bridgehead atoms. The molecule has 0 saturated carbocycles. The maximum absolute atomic E-state index is 10.8. The van der Waals surface area contributed by atoms with E-state index in [1.165, 1.54) is 16.7 Å². The normalized spacial score (nSPS) is 23.9. The summed E-state index contributed by atoms with van der Waals surface area (Å²) >= 11 is 0. The highest BCUT2D eigenvalue weighted by atomic mass is 16.4. The van der Waals surface area contributed by atoms with E-state index in [4.69, 9.17) is 5.11 Å². The Labute approximate surface area is 89.9 Å². The van der Waals surface area contributed by atoms with E-state index in [9.17, 15) is 4.79 Å². The van der Waals surface area contributed by atoms with Crippen LogP contribution in [0.25, 0.3) is 0 Å². The smallest absolute Gasteiger partial charge is 0.303 e. The maximum Gasteiger partial charge on any atom is 0.303 e. The third-order valence-electron chi connectivity index (χ3n) is 3.35. The molecule has 0 fully saturated rings. The molecule has 2 heteroatoms. The molecule has 0 heterocycles. The van der Waals surface area contributed by atoms with Gasteiger partial charge in [0.05, 0.1) is 6.42 Å². The lowest BCUT2D eigenvalue weighted by Crippen LogP contribution is -2.03. The second-order valence-electron chi connectivity index (χ2n) is 4.51. The molecule has 2 nitrogen and oxygen atoms in total. The molecule has 2 rings (SSSR count). The van der Waals surface area contributed by atoms with Gasteiger partial charge in [0.2, 0.25) is 0 Å². The maximum atomic E-state index is 10.8. The van der Waals surface area contributed by atoms with Crippen molar-refractivity contribution in [2.24, 2.45) is 0 Å². The van der Waals surface area contributed by atoms with Crippen LogP contribution in [0.4, 0.5) is 0 Å². The number of benzene rings is 1. The molecule has 1 aliphatic carbocycles. The van der Waals surface area contributed by atoms with Crippen LogP contribution in [0.1, 0.15) is 48.3 Å². The number of carbonyl (C=O) groups is 1. The zero-order chi connectivity index (χ0) is 11.0. The van der Waals surface area contributed by atoms with Gasteiger partial charge >= 0.3 is 5.97 Å². The summed E-state index contributed by atoms with van der Waals surface area (Å²) in [5, 5.41) is 8.86. The second-order valence-corrected chi connectivity index (χ2v) is 4.51. The molecule has 1 aromatic rings. The van der Waals surface area contributed by atoms with Crippen LogP contribution in [-0.4, -0.2) is 11.1 Å². The fourth-order valence-corrected chi connectivity index (χ4v) is 2.81. The van der Waals surface area contributed by atoms with Crippen molar-refractivity contribution in [3.8, 4) is 0 Å². The molecule has 0 spiro atoms. The second kappa shape index (κ2) is 3.69. The van der Waals surface area contributed by atoms with Gasteiger partial charge in [0.1, 0.15) is 0 Å². The largest absolute Gasteiger partial charge is 0.481 e. The molecule has 1 aliphatic rings. The lowest BCUT2D eigenvalue weighted by atomic mass is 9.96. The van der Waals surface area contributed by atoms with Gasteiger partial charge < -0.3 is 5.11 Å². The Morgan fingerprint density at radius 3 is 2.93 bits per heavy atom. The molecule has 0 unspecified atom stereocenters. The van der Waals surface area contributed by atoms with Crippen molar-refractivity contribution in [3.05, 3.63) is 34.9 Å². The molecule has 0 aliphatic heterocycles. The summed E-state index contributed by atoms with van der Waals surface area (Å²) in [6, 6.07) is 6.22. The minimum absolute atomic E-state index is 0.215. The van der Waals surface area contributed by atoms with E-state index in [1.54, 1.807) is 0 Å². The first kappa shape index (κ1) is 10.2. The summed E-state index contributed by atoms with van der Waals surface area (Å²) in [6.07, 6.45) is 1.24. The van der Waals surface area contributed by atoms with Gasteiger partial charge in [-0.3, -0.25) is 4.79 Å². The SMILES string of the molecule is Cc1cccc2c1[C@H](C)C[C@H]2CC(=O)O. The number of fused-ring (bicyclic) bond motifs is 1. The van der Waals surface area contributed by atoms with Gasteiger partial charge in [-0.15, -0.1) is 0 Å². The zero-order valence-corrected chi connectivity index (χ0v) is 9.16. The highest BCUT2D eigenvalue weighted by molar-refractivity contribution is 5.68. The van der Waals surface area contributed by atoms with Crippen LogP contribution in [-0.2, 0) is 4.79 Å². The van der Waals surface area contributed by atoms with E-state index in [-0.39, 0.29) is 12.3 Å². The molecule has 0 radical (unpaired) electrons. The molecule has 15 heavy (non-hydrogen) atoms. The molecule has 0 aromatic heterocycles. The molecular formula is C13H16O2. The van der Waals surface area contributed by atoms with Crippen molar-refractivity contribution in [3.63, 3.8) is 0 Å². The van der Waals surface area contributed by atoms with E-state index < -0.39 is 5.97 Å². The highest BCUT2D eigenvalue weighted by Gasteiger charge is 2.30. The van der Waals surface area contributed by atoms with Crippen LogP contribution in [0.2, 0.25) is 0 Å². The topological polar surface area (TPSA) is 37.3 Å². The average molecular weight is 204 g/mol. The quantitative estimate of drug-likeness (QED) is 0.803. The summed E-state index contributed by atoms with van der Waals surface area (Å²) < 4.78 is 0. The van der Waals surface area contributed by atoms with Crippen LogP contribution in [0.3, 0.4) is 0 Å². The predicted octanol–water partition coefficient (Wildman–Crippen LogP) is 3.06. The predicted molar refractivity (Wildman–Crippen MR) is 59.2 cm³/mol. The summed E-state index contributed by atoms with van der Waals surface area (Å²) in [7, 11) is 0. The fraction of sp³-hybridized carbons (Fsp3) is 0.462. The minimum Gasteiger partial charge on any atom is -0.481 e. The summed E-state index contributed by atoms with van der Waals surface area (Å²) in [5.74, 6) is 0.0273. The number of hydrogen-bond donors (Lipinski definition) is 1. The molecule has 1 N–H and O–H groups in total. The lowest BCUT2D eigenvalue weighted by Gasteiger charge is -2.09. The third-order valence-corrected chi connectivity index (χ3v) is 3.35. The summed E-state index contributed by atoms with van der Waals surface area (Å²) in [5.41, 5.74) is 3.93.